The number of H-pyrrole nitrogens is 1. The molecule has 0 radical (unpaired) electrons. The van der Waals surface area contributed by atoms with E-state index in [1.807, 2.05) is 30.5 Å². The van der Waals surface area contributed by atoms with E-state index in [-0.39, 0.29) is 11.7 Å². The van der Waals surface area contributed by atoms with Gasteiger partial charge < -0.3 is 4.98 Å². The predicted octanol–water partition coefficient (Wildman–Crippen LogP) is 3.39. The minimum Gasteiger partial charge on any atom is -0.361 e. The van der Waals surface area contributed by atoms with Crippen LogP contribution in [0.1, 0.15) is 17.5 Å². The molecule has 1 heterocycles. The number of aromatic nitrogens is 1. The molecule has 116 valence electrons. The second-order valence-electron chi connectivity index (χ2n) is 5.20. The van der Waals surface area contributed by atoms with Crippen LogP contribution in [0.2, 0.25) is 0 Å². The second-order valence-corrected chi connectivity index (χ2v) is 5.20. The minimum atomic E-state index is -0.301. The quantitative estimate of drug-likeness (QED) is 0.551. The number of hydrogen-bond donors (Lipinski definition) is 2. The van der Waals surface area contributed by atoms with Crippen molar-refractivity contribution >= 4 is 23.0 Å². The van der Waals surface area contributed by atoms with Crippen LogP contribution in [0.3, 0.4) is 0 Å². The Morgan fingerprint density at radius 3 is 2.78 bits per heavy atom. The molecule has 0 saturated carbocycles. The SMILES string of the molecule is O=C(CCc1c[nH]c2ccccc12)N/N=C\c1ccc(F)cc1. The van der Waals surface area contributed by atoms with Gasteiger partial charge in [-0.15, -0.1) is 0 Å². The van der Waals surface area contributed by atoms with Crippen molar-refractivity contribution < 1.29 is 9.18 Å². The molecule has 0 spiro atoms. The Kier molecular flexibility index (Phi) is 4.47. The first-order chi connectivity index (χ1) is 11.2. The molecular formula is C18H16FN3O. The van der Waals surface area contributed by atoms with Gasteiger partial charge in [0.15, 0.2) is 0 Å². The molecule has 2 aromatic carbocycles. The van der Waals surface area contributed by atoms with E-state index in [0.29, 0.717) is 12.8 Å². The minimum absolute atomic E-state index is 0.159. The molecule has 0 atom stereocenters. The molecule has 0 saturated heterocycles. The first-order valence-corrected chi connectivity index (χ1v) is 7.35. The van der Waals surface area contributed by atoms with Crippen LogP contribution in [0, 0.1) is 5.82 Å². The van der Waals surface area contributed by atoms with Crippen LogP contribution < -0.4 is 5.43 Å². The summed E-state index contributed by atoms with van der Waals surface area (Å²) in [7, 11) is 0. The number of rotatable bonds is 5. The standard InChI is InChI=1S/C18H16FN3O/c19-15-8-5-13(6-9-15)11-21-22-18(23)10-7-14-12-20-17-4-2-1-3-16(14)17/h1-6,8-9,11-12,20H,7,10H2,(H,22,23)/b21-11-. The van der Waals surface area contributed by atoms with Gasteiger partial charge in [0.1, 0.15) is 5.82 Å². The van der Waals surface area contributed by atoms with Crippen molar-refractivity contribution in [2.45, 2.75) is 12.8 Å². The lowest BCUT2D eigenvalue weighted by Crippen LogP contribution is -2.17. The number of fused-ring (bicyclic) bond motifs is 1. The molecule has 5 heteroatoms. The lowest BCUT2D eigenvalue weighted by molar-refractivity contribution is -0.121. The zero-order chi connectivity index (χ0) is 16.1. The molecule has 1 aromatic heterocycles. The average molecular weight is 309 g/mol. The van der Waals surface area contributed by atoms with Crippen LogP contribution in [0.5, 0.6) is 0 Å². The molecule has 0 unspecified atom stereocenters. The van der Waals surface area contributed by atoms with E-state index in [4.69, 9.17) is 0 Å². The van der Waals surface area contributed by atoms with Gasteiger partial charge in [-0.2, -0.15) is 5.10 Å². The fraction of sp³-hybridized carbons (Fsp3) is 0.111. The molecule has 0 bridgehead atoms. The maximum Gasteiger partial charge on any atom is 0.240 e. The van der Waals surface area contributed by atoms with Crippen molar-refractivity contribution in [3.8, 4) is 0 Å². The van der Waals surface area contributed by atoms with Gasteiger partial charge >= 0.3 is 0 Å². The van der Waals surface area contributed by atoms with E-state index < -0.39 is 0 Å². The number of para-hydroxylation sites is 1. The Hall–Kier alpha value is -2.95. The number of nitrogens with zero attached hydrogens (tertiary/aromatic N) is 1. The summed E-state index contributed by atoms with van der Waals surface area (Å²) in [4.78, 5) is 15.0. The van der Waals surface area contributed by atoms with E-state index in [0.717, 1.165) is 22.0 Å². The molecule has 0 aliphatic carbocycles. The third-order valence-electron chi connectivity index (χ3n) is 3.57. The molecule has 0 aliphatic heterocycles. The Labute approximate surface area is 133 Å². The summed E-state index contributed by atoms with van der Waals surface area (Å²) >= 11 is 0. The van der Waals surface area contributed by atoms with Crippen molar-refractivity contribution in [2.75, 3.05) is 0 Å². The summed E-state index contributed by atoms with van der Waals surface area (Å²) in [6, 6.07) is 13.9. The van der Waals surface area contributed by atoms with Gasteiger partial charge in [0.05, 0.1) is 6.21 Å². The van der Waals surface area contributed by atoms with Gasteiger partial charge in [-0.05, 0) is 35.7 Å². The van der Waals surface area contributed by atoms with Crippen LogP contribution in [0.4, 0.5) is 4.39 Å². The molecular weight excluding hydrogens is 293 g/mol. The molecule has 2 N–H and O–H groups in total. The highest BCUT2D eigenvalue weighted by molar-refractivity contribution is 5.85. The Balaban J connectivity index is 1.52. The summed E-state index contributed by atoms with van der Waals surface area (Å²) in [6.07, 6.45) is 4.41. The fourth-order valence-corrected chi connectivity index (χ4v) is 2.37. The number of benzene rings is 2. The number of carbonyl (C=O) groups excluding carboxylic acids is 1. The second kappa shape index (κ2) is 6.87. The van der Waals surface area contributed by atoms with Gasteiger partial charge in [-0.25, -0.2) is 9.82 Å². The largest absolute Gasteiger partial charge is 0.361 e. The van der Waals surface area contributed by atoms with Crippen molar-refractivity contribution in [1.29, 1.82) is 0 Å². The van der Waals surface area contributed by atoms with Crippen LogP contribution in [0.25, 0.3) is 10.9 Å². The maximum absolute atomic E-state index is 12.8. The van der Waals surface area contributed by atoms with Crippen molar-refractivity contribution in [2.24, 2.45) is 5.10 Å². The van der Waals surface area contributed by atoms with Crippen molar-refractivity contribution in [1.82, 2.24) is 10.4 Å². The summed E-state index contributed by atoms with van der Waals surface area (Å²) in [5, 5.41) is 5.01. The Morgan fingerprint density at radius 2 is 1.96 bits per heavy atom. The molecule has 0 fully saturated rings. The summed E-state index contributed by atoms with van der Waals surface area (Å²) in [5.41, 5.74) is 5.38. The normalized spacial score (nSPS) is 11.2. The van der Waals surface area contributed by atoms with E-state index in [9.17, 15) is 9.18 Å². The van der Waals surface area contributed by atoms with E-state index >= 15 is 0 Å². The Morgan fingerprint density at radius 1 is 1.17 bits per heavy atom. The number of nitrogens with one attached hydrogen (secondary N) is 2. The van der Waals surface area contributed by atoms with Crippen LogP contribution in [-0.4, -0.2) is 17.1 Å². The van der Waals surface area contributed by atoms with E-state index in [1.165, 1.54) is 18.3 Å². The van der Waals surface area contributed by atoms with Crippen molar-refractivity contribution in [3.63, 3.8) is 0 Å². The first-order valence-electron chi connectivity index (χ1n) is 7.35. The fourth-order valence-electron chi connectivity index (χ4n) is 2.37. The first kappa shape index (κ1) is 15.0. The molecule has 0 aliphatic rings. The smallest absolute Gasteiger partial charge is 0.240 e. The third kappa shape index (κ3) is 3.83. The highest BCUT2D eigenvalue weighted by Gasteiger charge is 2.05. The number of aryl methyl sites for hydroxylation is 1. The lowest BCUT2D eigenvalue weighted by atomic mass is 10.1. The molecule has 3 rings (SSSR count). The highest BCUT2D eigenvalue weighted by atomic mass is 19.1. The maximum atomic E-state index is 12.8. The summed E-state index contributed by atoms with van der Waals surface area (Å²) in [5.74, 6) is -0.460. The van der Waals surface area contributed by atoms with Crippen LogP contribution in [-0.2, 0) is 11.2 Å². The number of amides is 1. The van der Waals surface area contributed by atoms with Gasteiger partial charge in [0.25, 0.3) is 0 Å². The van der Waals surface area contributed by atoms with Gasteiger partial charge in [-0.3, -0.25) is 4.79 Å². The predicted molar refractivity (Wildman–Crippen MR) is 88.8 cm³/mol. The number of carbonyl (C=O) groups is 1. The number of aromatic amines is 1. The lowest BCUT2D eigenvalue weighted by Gasteiger charge is -2.00. The Bertz CT molecular complexity index is 837. The van der Waals surface area contributed by atoms with Crippen molar-refractivity contribution in [3.05, 3.63) is 71.7 Å². The summed E-state index contributed by atoms with van der Waals surface area (Å²) < 4.78 is 12.8. The van der Waals surface area contributed by atoms with E-state index in [2.05, 4.69) is 15.5 Å². The van der Waals surface area contributed by atoms with Gasteiger partial charge in [0, 0.05) is 23.5 Å². The number of hydrazone groups is 1. The molecule has 4 nitrogen and oxygen atoms in total. The summed E-state index contributed by atoms with van der Waals surface area (Å²) in [6.45, 7) is 0. The monoisotopic (exact) mass is 309 g/mol. The van der Waals surface area contributed by atoms with E-state index in [1.54, 1.807) is 12.1 Å². The molecule has 23 heavy (non-hydrogen) atoms. The highest BCUT2D eigenvalue weighted by Crippen LogP contribution is 2.18. The average Bonchev–Trinajstić information content (AvgIpc) is 2.98. The number of hydrogen-bond acceptors (Lipinski definition) is 2. The van der Waals surface area contributed by atoms with Gasteiger partial charge in [0.2, 0.25) is 5.91 Å². The van der Waals surface area contributed by atoms with Crippen LogP contribution in [0.15, 0.2) is 59.8 Å². The van der Waals surface area contributed by atoms with Crippen LogP contribution >= 0.6 is 0 Å². The third-order valence-corrected chi connectivity index (χ3v) is 3.57. The number of halogens is 1. The zero-order valence-electron chi connectivity index (χ0n) is 12.4. The molecule has 1 amide bonds. The zero-order valence-corrected chi connectivity index (χ0v) is 12.4. The topological polar surface area (TPSA) is 57.2 Å². The molecule has 3 aromatic rings. The van der Waals surface area contributed by atoms with Gasteiger partial charge in [-0.1, -0.05) is 30.3 Å².